The van der Waals surface area contributed by atoms with Crippen molar-refractivity contribution in [3.8, 4) is 5.75 Å². The van der Waals surface area contributed by atoms with E-state index < -0.39 is 0 Å². The number of hydrogen-bond donors (Lipinski definition) is 2. The number of carbonyl (C=O) groups excluding carboxylic acids is 1. The predicted molar refractivity (Wildman–Crippen MR) is 106 cm³/mol. The van der Waals surface area contributed by atoms with Gasteiger partial charge in [-0.15, -0.1) is 0 Å². The van der Waals surface area contributed by atoms with Crippen LogP contribution in [0.2, 0.25) is 0 Å². The molecule has 4 rings (SSSR count). The number of methoxy groups -OCH3 is 1. The molecule has 26 heavy (non-hydrogen) atoms. The largest absolute Gasteiger partial charge is 0.497 e. The average Bonchev–Trinajstić information content (AvgIpc) is 3.23. The van der Waals surface area contributed by atoms with Gasteiger partial charge in [-0.1, -0.05) is 35.2 Å². The number of benzene rings is 2. The van der Waals surface area contributed by atoms with Crippen LogP contribution in [-0.2, 0) is 4.79 Å². The number of nitrogens with zero attached hydrogens (tertiary/aromatic N) is 2. The number of amides is 1. The molecule has 0 aliphatic carbocycles. The lowest BCUT2D eigenvalue weighted by atomic mass is 10.3. The van der Waals surface area contributed by atoms with Crippen molar-refractivity contribution < 1.29 is 9.53 Å². The molecular weight excluding hydrogens is 368 g/mol. The van der Waals surface area contributed by atoms with E-state index in [2.05, 4.69) is 20.3 Å². The molecule has 132 valence electrons. The van der Waals surface area contributed by atoms with Crippen molar-refractivity contribution in [2.24, 2.45) is 0 Å². The highest BCUT2D eigenvalue weighted by Crippen LogP contribution is 2.30. The molecule has 2 heterocycles. The van der Waals surface area contributed by atoms with Crippen LogP contribution in [-0.4, -0.2) is 33.2 Å². The number of aromatic nitrogens is 3. The molecule has 6 nitrogen and oxygen atoms in total. The number of H-pyrrole nitrogens is 1. The summed E-state index contributed by atoms with van der Waals surface area (Å²) < 4.78 is 6.19. The van der Waals surface area contributed by atoms with Crippen LogP contribution in [0.4, 0.5) is 5.13 Å². The Morgan fingerprint density at radius 1 is 1.23 bits per heavy atom. The van der Waals surface area contributed by atoms with Crippen LogP contribution in [0.25, 0.3) is 21.3 Å². The van der Waals surface area contributed by atoms with Crippen molar-refractivity contribution in [2.45, 2.75) is 17.3 Å². The molecule has 1 atom stereocenters. The van der Waals surface area contributed by atoms with Crippen molar-refractivity contribution in [3.63, 3.8) is 0 Å². The van der Waals surface area contributed by atoms with E-state index in [-0.39, 0.29) is 11.2 Å². The molecule has 0 saturated carbocycles. The maximum atomic E-state index is 12.5. The van der Waals surface area contributed by atoms with E-state index in [0.29, 0.717) is 5.13 Å². The number of hydrogen-bond acceptors (Lipinski definition) is 6. The van der Waals surface area contributed by atoms with Crippen LogP contribution in [0.15, 0.2) is 47.6 Å². The van der Waals surface area contributed by atoms with Crippen LogP contribution < -0.4 is 10.1 Å². The Balaban J connectivity index is 1.46. The Bertz CT molecular complexity index is 1060. The molecule has 0 spiro atoms. The molecule has 1 amide bonds. The molecule has 0 aliphatic heterocycles. The summed E-state index contributed by atoms with van der Waals surface area (Å²) in [7, 11) is 1.63. The Hall–Kier alpha value is -2.58. The van der Waals surface area contributed by atoms with Crippen LogP contribution in [0.1, 0.15) is 6.92 Å². The lowest BCUT2D eigenvalue weighted by Gasteiger charge is -2.08. The summed E-state index contributed by atoms with van der Waals surface area (Å²) in [5, 5.41) is 3.88. The van der Waals surface area contributed by atoms with Gasteiger partial charge in [-0.2, -0.15) is 0 Å². The van der Waals surface area contributed by atoms with Gasteiger partial charge in [-0.05, 0) is 37.3 Å². The van der Waals surface area contributed by atoms with Crippen LogP contribution in [0, 0.1) is 0 Å². The van der Waals surface area contributed by atoms with E-state index in [1.54, 1.807) is 7.11 Å². The highest BCUT2D eigenvalue weighted by Gasteiger charge is 2.18. The summed E-state index contributed by atoms with van der Waals surface area (Å²) in [6, 6.07) is 13.4. The number of anilines is 1. The fourth-order valence-corrected chi connectivity index (χ4v) is 4.22. The van der Waals surface area contributed by atoms with Gasteiger partial charge in [0, 0.05) is 0 Å². The number of ether oxygens (including phenoxy) is 1. The molecule has 2 aromatic carbocycles. The number of thioether (sulfide) groups is 1. The fourth-order valence-electron chi connectivity index (χ4n) is 2.50. The fraction of sp³-hybridized carbons (Fsp3) is 0.167. The Kier molecular flexibility index (Phi) is 4.52. The second-order valence-electron chi connectivity index (χ2n) is 5.66. The number of carbonyl (C=O) groups is 1. The minimum absolute atomic E-state index is 0.110. The minimum Gasteiger partial charge on any atom is -0.497 e. The first kappa shape index (κ1) is 16.9. The smallest absolute Gasteiger partial charge is 0.239 e. The maximum absolute atomic E-state index is 12.5. The topological polar surface area (TPSA) is 79.9 Å². The van der Waals surface area contributed by atoms with Gasteiger partial charge in [0.1, 0.15) is 5.75 Å². The molecule has 4 aromatic rings. The number of para-hydroxylation sites is 2. The number of thiazole rings is 1. The minimum atomic E-state index is -0.308. The summed E-state index contributed by atoms with van der Waals surface area (Å²) in [6.07, 6.45) is 0. The SMILES string of the molecule is COc1ccc2nc(NC(=O)C(C)Sc3nc4ccccc4[nH]3)sc2c1. The Labute approximate surface area is 158 Å². The lowest BCUT2D eigenvalue weighted by Crippen LogP contribution is -2.22. The number of fused-ring (bicyclic) bond motifs is 2. The molecule has 2 N–H and O–H groups in total. The molecular formula is C18H16N4O2S2. The van der Waals surface area contributed by atoms with Crippen molar-refractivity contribution in [1.29, 1.82) is 0 Å². The van der Waals surface area contributed by atoms with Gasteiger partial charge in [-0.3, -0.25) is 4.79 Å². The van der Waals surface area contributed by atoms with Gasteiger partial charge in [0.2, 0.25) is 5.91 Å². The van der Waals surface area contributed by atoms with E-state index in [1.165, 1.54) is 23.1 Å². The van der Waals surface area contributed by atoms with Crippen LogP contribution in [0.3, 0.4) is 0 Å². The number of imidazole rings is 1. The second-order valence-corrected chi connectivity index (χ2v) is 8.02. The quantitative estimate of drug-likeness (QED) is 0.502. The van der Waals surface area contributed by atoms with E-state index >= 15 is 0 Å². The summed E-state index contributed by atoms with van der Waals surface area (Å²) in [5.74, 6) is 0.661. The zero-order valence-electron chi connectivity index (χ0n) is 14.1. The summed E-state index contributed by atoms with van der Waals surface area (Å²) >= 11 is 2.81. The van der Waals surface area contributed by atoms with E-state index in [4.69, 9.17) is 4.74 Å². The van der Waals surface area contributed by atoms with Crippen molar-refractivity contribution in [1.82, 2.24) is 15.0 Å². The van der Waals surface area contributed by atoms with Gasteiger partial charge in [0.15, 0.2) is 10.3 Å². The zero-order valence-corrected chi connectivity index (χ0v) is 15.8. The maximum Gasteiger partial charge on any atom is 0.239 e. The molecule has 0 saturated heterocycles. The molecule has 0 aliphatic rings. The monoisotopic (exact) mass is 384 g/mol. The van der Waals surface area contributed by atoms with Gasteiger partial charge in [-0.25, -0.2) is 9.97 Å². The number of aromatic amines is 1. The predicted octanol–water partition coefficient (Wildman–Crippen LogP) is 4.30. The van der Waals surface area contributed by atoms with Crippen LogP contribution >= 0.6 is 23.1 Å². The molecule has 8 heteroatoms. The molecule has 1 unspecified atom stereocenters. The van der Waals surface area contributed by atoms with Gasteiger partial charge < -0.3 is 15.0 Å². The Morgan fingerprint density at radius 2 is 2.08 bits per heavy atom. The average molecular weight is 384 g/mol. The number of rotatable bonds is 5. The number of nitrogens with one attached hydrogen (secondary N) is 2. The van der Waals surface area contributed by atoms with E-state index in [9.17, 15) is 4.79 Å². The van der Waals surface area contributed by atoms with Crippen molar-refractivity contribution in [2.75, 3.05) is 12.4 Å². The summed E-state index contributed by atoms with van der Waals surface area (Å²) in [4.78, 5) is 24.7. The van der Waals surface area contributed by atoms with Crippen molar-refractivity contribution >= 4 is 55.4 Å². The zero-order chi connectivity index (χ0) is 18.1. The normalized spacial score (nSPS) is 12.4. The standard InChI is InChI=1S/C18H16N4O2S2/c1-10(25-17-19-12-5-3-4-6-13(12)20-17)16(23)22-18-21-14-8-7-11(24-2)9-15(14)26-18/h3-10H,1-2H3,(H,19,20)(H,21,22,23). The van der Waals surface area contributed by atoms with Crippen molar-refractivity contribution in [3.05, 3.63) is 42.5 Å². The Morgan fingerprint density at radius 3 is 2.88 bits per heavy atom. The third kappa shape index (κ3) is 3.38. The first-order chi connectivity index (χ1) is 12.6. The third-order valence-electron chi connectivity index (χ3n) is 3.85. The first-order valence-electron chi connectivity index (χ1n) is 7.99. The summed E-state index contributed by atoms with van der Waals surface area (Å²) in [6.45, 7) is 1.85. The molecule has 0 fully saturated rings. The summed E-state index contributed by atoms with van der Waals surface area (Å²) in [5.41, 5.74) is 2.69. The van der Waals surface area contributed by atoms with E-state index in [0.717, 1.165) is 32.2 Å². The lowest BCUT2D eigenvalue weighted by molar-refractivity contribution is -0.115. The van der Waals surface area contributed by atoms with E-state index in [1.807, 2.05) is 49.4 Å². The highest BCUT2D eigenvalue weighted by atomic mass is 32.2. The van der Waals surface area contributed by atoms with Gasteiger partial charge in [0.25, 0.3) is 0 Å². The molecule has 0 radical (unpaired) electrons. The van der Waals surface area contributed by atoms with Crippen LogP contribution in [0.5, 0.6) is 5.75 Å². The third-order valence-corrected chi connectivity index (χ3v) is 5.77. The molecule has 0 bridgehead atoms. The highest BCUT2D eigenvalue weighted by molar-refractivity contribution is 8.00. The van der Waals surface area contributed by atoms with Gasteiger partial charge >= 0.3 is 0 Å². The first-order valence-corrected chi connectivity index (χ1v) is 9.69. The van der Waals surface area contributed by atoms with Gasteiger partial charge in [0.05, 0.1) is 33.6 Å². The molecule has 2 aromatic heterocycles. The second kappa shape index (κ2) is 6.97.